The number of methoxy groups -OCH3 is 2. The van der Waals surface area contributed by atoms with Crippen LogP contribution in [0.25, 0.3) is 0 Å². The van der Waals surface area contributed by atoms with Crippen molar-refractivity contribution in [1.29, 1.82) is 0 Å². The van der Waals surface area contributed by atoms with Gasteiger partial charge in [0.15, 0.2) is 5.79 Å². The third-order valence-electron chi connectivity index (χ3n) is 4.92. The zero-order chi connectivity index (χ0) is 13.4. The molecule has 2 aliphatic carbocycles. The normalized spacial score (nSPS) is 35.5. The second kappa shape index (κ2) is 4.93. The van der Waals surface area contributed by atoms with Gasteiger partial charge in [-0.1, -0.05) is 5.57 Å². The van der Waals surface area contributed by atoms with Crippen LogP contribution in [0.3, 0.4) is 0 Å². The molecule has 0 aromatic rings. The van der Waals surface area contributed by atoms with Crippen LogP contribution in [0, 0.1) is 5.41 Å². The SMILES string of the molecule is COC1(OC)CCC2=C(C)[C@H](O)CC[C@@]2(CO)C1. The van der Waals surface area contributed by atoms with E-state index < -0.39 is 5.79 Å². The predicted molar refractivity (Wildman–Crippen MR) is 68.1 cm³/mol. The molecule has 2 atom stereocenters. The van der Waals surface area contributed by atoms with Gasteiger partial charge in [0.25, 0.3) is 0 Å². The van der Waals surface area contributed by atoms with E-state index in [4.69, 9.17) is 9.47 Å². The molecule has 0 unspecified atom stereocenters. The smallest absolute Gasteiger partial charge is 0.168 e. The first-order valence-corrected chi connectivity index (χ1v) is 6.62. The van der Waals surface area contributed by atoms with Gasteiger partial charge in [-0.15, -0.1) is 0 Å². The average Bonchev–Trinajstić information content (AvgIpc) is 2.42. The summed E-state index contributed by atoms with van der Waals surface area (Å²) < 4.78 is 11.1. The van der Waals surface area contributed by atoms with Crippen molar-refractivity contribution in [3.63, 3.8) is 0 Å². The van der Waals surface area contributed by atoms with Crippen molar-refractivity contribution in [2.45, 2.75) is 50.9 Å². The highest BCUT2D eigenvalue weighted by molar-refractivity contribution is 5.30. The summed E-state index contributed by atoms with van der Waals surface area (Å²) in [6.45, 7) is 2.08. The van der Waals surface area contributed by atoms with Crippen molar-refractivity contribution < 1.29 is 19.7 Å². The monoisotopic (exact) mass is 256 g/mol. The van der Waals surface area contributed by atoms with Crippen LogP contribution >= 0.6 is 0 Å². The number of fused-ring (bicyclic) bond motifs is 1. The van der Waals surface area contributed by atoms with Crippen molar-refractivity contribution in [3.8, 4) is 0 Å². The first kappa shape index (κ1) is 14.0. The van der Waals surface area contributed by atoms with E-state index in [1.165, 1.54) is 5.57 Å². The molecule has 1 fully saturated rings. The molecular formula is C14H24O4. The Labute approximate surface area is 109 Å². The van der Waals surface area contributed by atoms with E-state index in [0.29, 0.717) is 12.8 Å². The van der Waals surface area contributed by atoms with Crippen LogP contribution in [0.1, 0.15) is 39.0 Å². The fraction of sp³-hybridized carbons (Fsp3) is 0.857. The van der Waals surface area contributed by atoms with Gasteiger partial charge in [-0.25, -0.2) is 0 Å². The summed E-state index contributed by atoms with van der Waals surface area (Å²) in [5.74, 6) is -0.588. The molecule has 2 N–H and O–H groups in total. The Kier molecular flexibility index (Phi) is 3.83. The van der Waals surface area contributed by atoms with E-state index in [2.05, 4.69) is 0 Å². The summed E-state index contributed by atoms with van der Waals surface area (Å²) in [5.41, 5.74) is 1.98. The van der Waals surface area contributed by atoms with Gasteiger partial charge in [0.05, 0.1) is 12.7 Å². The Balaban J connectivity index is 2.37. The maximum absolute atomic E-state index is 9.97. The number of hydrogen-bond donors (Lipinski definition) is 2. The third-order valence-corrected chi connectivity index (χ3v) is 4.92. The lowest BCUT2D eigenvalue weighted by atomic mass is 9.61. The van der Waals surface area contributed by atoms with Crippen molar-refractivity contribution >= 4 is 0 Å². The summed E-state index contributed by atoms with van der Waals surface area (Å²) >= 11 is 0. The Morgan fingerprint density at radius 1 is 1.28 bits per heavy atom. The fourth-order valence-corrected chi connectivity index (χ4v) is 3.64. The summed E-state index contributed by atoms with van der Waals surface area (Å²) in [6.07, 6.45) is 3.43. The van der Waals surface area contributed by atoms with Crippen LogP contribution in [-0.2, 0) is 9.47 Å². The molecule has 0 amide bonds. The quantitative estimate of drug-likeness (QED) is 0.595. The second-order valence-electron chi connectivity index (χ2n) is 5.65. The Bertz CT molecular complexity index is 346. The molecule has 4 heteroatoms. The van der Waals surface area contributed by atoms with Crippen LogP contribution in [0.2, 0.25) is 0 Å². The lowest BCUT2D eigenvalue weighted by Crippen LogP contribution is -2.49. The highest BCUT2D eigenvalue weighted by atomic mass is 16.7. The van der Waals surface area contributed by atoms with Crippen LogP contribution in [0.5, 0.6) is 0 Å². The van der Waals surface area contributed by atoms with E-state index in [0.717, 1.165) is 24.8 Å². The van der Waals surface area contributed by atoms with E-state index in [-0.39, 0.29) is 18.1 Å². The lowest BCUT2D eigenvalue weighted by molar-refractivity contribution is -0.240. The molecule has 0 bridgehead atoms. The summed E-state index contributed by atoms with van der Waals surface area (Å²) in [6, 6.07) is 0. The highest BCUT2D eigenvalue weighted by Crippen LogP contribution is 2.53. The molecule has 104 valence electrons. The average molecular weight is 256 g/mol. The molecule has 0 aromatic carbocycles. The molecule has 0 spiro atoms. The zero-order valence-corrected chi connectivity index (χ0v) is 11.5. The van der Waals surface area contributed by atoms with Crippen LogP contribution in [-0.4, -0.2) is 42.9 Å². The summed E-state index contributed by atoms with van der Waals surface area (Å²) in [5, 5.41) is 19.8. The number of rotatable bonds is 3. The molecule has 2 rings (SSSR count). The predicted octanol–water partition coefficient (Wildman–Crippen LogP) is 1.61. The topological polar surface area (TPSA) is 58.9 Å². The molecule has 0 aromatic heterocycles. The third kappa shape index (κ3) is 2.01. The van der Waals surface area contributed by atoms with Crippen molar-refractivity contribution in [1.82, 2.24) is 0 Å². The molecule has 0 radical (unpaired) electrons. The van der Waals surface area contributed by atoms with Gasteiger partial charge in [-0.3, -0.25) is 0 Å². The van der Waals surface area contributed by atoms with Crippen LogP contribution in [0.4, 0.5) is 0 Å². The van der Waals surface area contributed by atoms with Crippen LogP contribution < -0.4 is 0 Å². The molecule has 0 aliphatic heterocycles. The zero-order valence-electron chi connectivity index (χ0n) is 11.5. The largest absolute Gasteiger partial charge is 0.395 e. The van der Waals surface area contributed by atoms with Gasteiger partial charge in [0, 0.05) is 32.5 Å². The van der Waals surface area contributed by atoms with Crippen molar-refractivity contribution in [3.05, 3.63) is 11.1 Å². The van der Waals surface area contributed by atoms with E-state index in [1.54, 1.807) is 14.2 Å². The Morgan fingerprint density at radius 3 is 2.50 bits per heavy atom. The van der Waals surface area contributed by atoms with Gasteiger partial charge < -0.3 is 19.7 Å². The number of aliphatic hydroxyl groups excluding tert-OH is 2. The van der Waals surface area contributed by atoms with E-state index in [1.807, 2.05) is 6.92 Å². The van der Waals surface area contributed by atoms with E-state index >= 15 is 0 Å². The molecular weight excluding hydrogens is 232 g/mol. The number of hydrogen-bond acceptors (Lipinski definition) is 4. The molecule has 2 aliphatic rings. The standard InChI is InChI=1S/C14H24O4/c1-10-11-4-7-14(17-2,18-3)8-13(11,9-15)6-5-12(10)16/h12,15-16H,4-9H2,1-3H3/t12-,13+/m1/s1. The molecule has 18 heavy (non-hydrogen) atoms. The lowest BCUT2D eigenvalue weighted by Gasteiger charge is -2.50. The maximum atomic E-state index is 9.97. The van der Waals surface area contributed by atoms with Crippen LogP contribution in [0.15, 0.2) is 11.1 Å². The Hall–Kier alpha value is -0.420. The van der Waals surface area contributed by atoms with Crippen molar-refractivity contribution in [2.24, 2.45) is 5.41 Å². The second-order valence-corrected chi connectivity index (χ2v) is 5.65. The van der Waals surface area contributed by atoms with Gasteiger partial charge in [-0.2, -0.15) is 0 Å². The van der Waals surface area contributed by atoms with Gasteiger partial charge >= 0.3 is 0 Å². The highest BCUT2D eigenvalue weighted by Gasteiger charge is 2.50. The minimum atomic E-state index is -0.588. The summed E-state index contributed by atoms with van der Waals surface area (Å²) in [7, 11) is 3.32. The molecule has 1 saturated carbocycles. The summed E-state index contributed by atoms with van der Waals surface area (Å²) in [4.78, 5) is 0. The van der Waals surface area contributed by atoms with Crippen molar-refractivity contribution in [2.75, 3.05) is 20.8 Å². The van der Waals surface area contributed by atoms with Gasteiger partial charge in [0.2, 0.25) is 0 Å². The number of ether oxygens (including phenoxy) is 2. The van der Waals surface area contributed by atoms with E-state index in [9.17, 15) is 10.2 Å². The molecule has 0 saturated heterocycles. The Morgan fingerprint density at radius 2 is 1.94 bits per heavy atom. The molecule has 0 heterocycles. The maximum Gasteiger partial charge on any atom is 0.168 e. The van der Waals surface area contributed by atoms with Gasteiger partial charge in [-0.05, 0) is 31.8 Å². The first-order chi connectivity index (χ1) is 8.52. The number of aliphatic hydroxyl groups is 2. The minimum absolute atomic E-state index is 0.0981. The fourth-order valence-electron chi connectivity index (χ4n) is 3.64. The first-order valence-electron chi connectivity index (χ1n) is 6.62. The minimum Gasteiger partial charge on any atom is -0.395 e. The molecule has 4 nitrogen and oxygen atoms in total. The van der Waals surface area contributed by atoms with Gasteiger partial charge in [0.1, 0.15) is 0 Å².